The number of phenols is 1. The number of piperazine rings is 1. The summed E-state index contributed by atoms with van der Waals surface area (Å²) >= 11 is 0. The maximum Gasteiger partial charge on any atom is 0.314 e. The number of pyridine rings is 1. The van der Waals surface area contributed by atoms with Gasteiger partial charge < -0.3 is 44.7 Å². The Balaban J connectivity index is 0.999. The number of phenolic OH excluding ortho intramolecular Hbond substituents is 1. The van der Waals surface area contributed by atoms with Crippen molar-refractivity contribution in [2.24, 2.45) is 5.92 Å². The summed E-state index contributed by atoms with van der Waals surface area (Å²) < 4.78 is 16.9. The second kappa shape index (κ2) is 13.1. The first-order valence-electron chi connectivity index (χ1n) is 15.4. The number of aliphatic carboxylic acids is 1. The molecule has 45 heavy (non-hydrogen) atoms. The number of nitrogens with one attached hydrogen (secondary N) is 1. The molecule has 2 fully saturated rings. The number of anilines is 3. The zero-order valence-electron chi connectivity index (χ0n) is 25.6. The molecule has 4 aromatic rings. The molecular weight excluding hydrogens is 576 g/mol. The number of nitrogen functional groups attached to an aromatic ring is 1. The van der Waals surface area contributed by atoms with Crippen molar-refractivity contribution in [2.75, 3.05) is 48.4 Å². The predicted molar refractivity (Wildman–Crippen MR) is 170 cm³/mol. The Bertz CT molecular complexity index is 1610. The molecule has 2 aliphatic rings. The third-order valence-electron chi connectivity index (χ3n) is 8.71. The van der Waals surface area contributed by atoms with Gasteiger partial charge in [-0.1, -0.05) is 24.2 Å². The molecule has 5 heterocycles. The molecule has 5 N–H and O–H groups in total. The molecule has 12 heteroatoms. The van der Waals surface area contributed by atoms with Gasteiger partial charge >= 0.3 is 5.97 Å². The van der Waals surface area contributed by atoms with Gasteiger partial charge in [0.15, 0.2) is 5.76 Å². The number of fused-ring (bicyclic) bond motifs is 2. The number of aromatic nitrogens is 3. The fraction of sp³-hybridized carbons (Fsp3) is 0.424. The van der Waals surface area contributed by atoms with Gasteiger partial charge in [-0.05, 0) is 44.0 Å². The number of nitrogens with zero attached hydrogens (tertiary/aromatic N) is 4. The molecular formula is C33H40N6O6. The van der Waals surface area contributed by atoms with Gasteiger partial charge in [-0.2, -0.15) is 0 Å². The highest BCUT2D eigenvalue weighted by atomic mass is 16.5. The summed E-state index contributed by atoms with van der Waals surface area (Å²) in [6, 6.07) is 15.6. The molecule has 0 amide bonds. The van der Waals surface area contributed by atoms with E-state index in [1.807, 2.05) is 37.3 Å². The maximum absolute atomic E-state index is 11.8. The van der Waals surface area contributed by atoms with Crippen molar-refractivity contribution in [2.45, 2.75) is 51.1 Å². The van der Waals surface area contributed by atoms with E-state index in [1.165, 1.54) is 0 Å². The summed E-state index contributed by atoms with van der Waals surface area (Å²) in [5, 5.41) is 23.8. The molecule has 1 aromatic carbocycles. The van der Waals surface area contributed by atoms with Crippen LogP contribution in [0, 0.1) is 12.8 Å². The number of carboxylic acids is 1. The summed E-state index contributed by atoms with van der Waals surface area (Å²) in [4.78, 5) is 24.3. The number of carbonyl (C=O) groups is 1. The van der Waals surface area contributed by atoms with Gasteiger partial charge in [0.25, 0.3) is 0 Å². The molecule has 6 rings (SSSR count). The minimum Gasteiger partial charge on any atom is -0.507 e. The van der Waals surface area contributed by atoms with Crippen LogP contribution in [-0.2, 0) is 9.53 Å². The molecule has 0 saturated carbocycles. The number of H-pyrrole nitrogens is 1. The second-order valence-electron chi connectivity index (χ2n) is 12.0. The highest BCUT2D eigenvalue weighted by Gasteiger charge is 2.41. The molecule has 3 aromatic heterocycles. The smallest absolute Gasteiger partial charge is 0.314 e. The van der Waals surface area contributed by atoms with E-state index in [0.29, 0.717) is 54.9 Å². The minimum atomic E-state index is -0.960. The van der Waals surface area contributed by atoms with Gasteiger partial charge in [-0.3, -0.25) is 4.79 Å². The first-order valence-corrected chi connectivity index (χ1v) is 15.4. The molecule has 3 unspecified atom stereocenters. The van der Waals surface area contributed by atoms with Crippen LogP contribution < -0.4 is 20.3 Å². The maximum atomic E-state index is 11.8. The number of aryl methyl sites for hydroxylation is 1. The Morgan fingerprint density at radius 2 is 1.93 bits per heavy atom. The summed E-state index contributed by atoms with van der Waals surface area (Å²) in [5.74, 6) is -0.324. The van der Waals surface area contributed by atoms with Crippen LogP contribution in [0.15, 0.2) is 59.3 Å². The van der Waals surface area contributed by atoms with Crippen molar-refractivity contribution in [3.63, 3.8) is 0 Å². The number of aromatic amines is 1. The normalized spacial score (nSPS) is 19.1. The van der Waals surface area contributed by atoms with Crippen LogP contribution in [0.2, 0.25) is 0 Å². The lowest BCUT2D eigenvalue weighted by molar-refractivity contribution is -0.141. The van der Waals surface area contributed by atoms with Gasteiger partial charge in [0.2, 0.25) is 5.88 Å². The van der Waals surface area contributed by atoms with Crippen LogP contribution in [0.4, 0.5) is 17.2 Å². The van der Waals surface area contributed by atoms with Gasteiger partial charge in [0, 0.05) is 73.7 Å². The quantitative estimate of drug-likeness (QED) is 0.152. The van der Waals surface area contributed by atoms with Crippen LogP contribution in [0.25, 0.3) is 11.3 Å². The summed E-state index contributed by atoms with van der Waals surface area (Å²) in [6.45, 7) is 6.42. The number of rotatable bonds is 13. The second-order valence-corrected chi connectivity index (χ2v) is 12.0. The van der Waals surface area contributed by atoms with Gasteiger partial charge in [-0.25, -0.2) is 4.98 Å². The summed E-state index contributed by atoms with van der Waals surface area (Å²) in [5.41, 5.74) is 10.7. The Morgan fingerprint density at radius 3 is 2.64 bits per heavy atom. The number of hydrogen-bond donors (Lipinski definition) is 4. The van der Waals surface area contributed by atoms with Crippen molar-refractivity contribution < 1.29 is 29.0 Å². The number of benzene rings is 1. The van der Waals surface area contributed by atoms with E-state index in [0.717, 1.165) is 48.6 Å². The largest absolute Gasteiger partial charge is 0.507 e. The molecule has 4 atom stereocenters. The first-order chi connectivity index (χ1) is 21.8. The fourth-order valence-corrected chi connectivity index (χ4v) is 6.61. The van der Waals surface area contributed by atoms with Crippen molar-refractivity contribution in [1.82, 2.24) is 15.1 Å². The zero-order valence-corrected chi connectivity index (χ0v) is 25.6. The van der Waals surface area contributed by atoms with Crippen LogP contribution >= 0.6 is 0 Å². The zero-order chi connectivity index (χ0) is 31.5. The van der Waals surface area contributed by atoms with E-state index in [4.69, 9.17) is 19.7 Å². The average Bonchev–Trinajstić information content (AvgIpc) is 3.69. The Morgan fingerprint density at radius 1 is 1.16 bits per heavy atom. The SMILES string of the molecule is Cc1cc(C(C(=O)O)[C@@H](C)COCCCOc2cc(N3C4CCC3CN(c3cc(-c5ccccc5O)[nH]c3N)C4)ccn2)on1. The van der Waals surface area contributed by atoms with Crippen LogP contribution in [-0.4, -0.2) is 76.3 Å². The lowest BCUT2D eigenvalue weighted by Crippen LogP contribution is -2.54. The van der Waals surface area contributed by atoms with Crippen molar-refractivity contribution >= 4 is 23.2 Å². The number of nitrogens with two attached hydrogens (primary N) is 1. The lowest BCUT2D eigenvalue weighted by Gasteiger charge is -2.43. The van der Waals surface area contributed by atoms with Crippen LogP contribution in [0.1, 0.15) is 43.6 Å². The van der Waals surface area contributed by atoms with Crippen molar-refractivity contribution in [3.05, 3.63) is 66.2 Å². The third-order valence-corrected chi connectivity index (χ3v) is 8.71. The van der Waals surface area contributed by atoms with E-state index in [1.54, 1.807) is 31.3 Å². The van der Waals surface area contributed by atoms with Gasteiger partial charge in [0.05, 0.1) is 30.3 Å². The van der Waals surface area contributed by atoms with E-state index >= 15 is 0 Å². The Hall–Kier alpha value is -4.71. The molecule has 12 nitrogen and oxygen atoms in total. The minimum absolute atomic E-state index is 0.219. The number of aromatic hydroxyl groups is 1. The van der Waals surface area contributed by atoms with E-state index < -0.39 is 11.9 Å². The van der Waals surface area contributed by atoms with Crippen LogP contribution in [0.5, 0.6) is 11.6 Å². The molecule has 2 saturated heterocycles. The van der Waals surface area contributed by atoms with E-state index in [-0.39, 0.29) is 18.3 Å². The number of ether oxygens (including phenoxy) is 2. The van der Waals surface area contributed by atoms with E-state index in [9.17, 15) is 15.0 Å². The highest BCUT2D eigenvalue weighted by Crippen LogP contribution is 2.40. The summed E-state index contributed by atoms with van der Waals surface area (Å²) in [6.07, 6.45) is 4.60. The van der Waals surface area contributed by atoms with Crippen molar-refractivity contribution in [3.8, 4) is 22.9 Å². The Kier molecular flexibility index (Phi) is 8.83. The van der Waals surface area contributed by atoms with E-state index in [2.05, 4.69) is 24.9 Å². The molecule has 2 bridgehead atoms. The Labute approximate surface area is 261 Å². The number of carboxylic acid groups (broad SMARTS) is 1. The lowest BCUT2D eigenvalue weighted by atomic mass is 9.92. The standard InChI is InChI=1S/C33H40N6O6/c1-20(31(33(41)42)29-14-21(2)37-45-29)19-43-12-5-13-44-30-15-22(10-11-35-30)39-23-8-9-24(39)18-38(17-23)27-16-26(36-32(27)34)25-6-3-4-7-28(25)40/h3-4,6-7,10-11,14-16,20,23-24,31,36,40H,5,8-9,12-13,17-19,34H2,1-2H3,(H,41,42)/t20-,23?,24?,31?/m0/s1. The molecule has 0 radical (unpaired) electrons. The average molecular weight is 617 g/mol. The molecule has 0 aliphatic carbocycles. The van der Waals surface area contributed by atoms with Crippen molar-refractivity contribution in [1.29, 1.82) is 0 Å². The van der Waals surface area contributed by atoms with Gasteiger partial charge in [-0.15, -0.1) is 0 Å². The molecule has 2 aliphatic heterocycles. The third kappa shape index (κ3) is 6.56. The highest BCUT2D eigenvalue weighted by molar-refractivity contribution is 5.78. The topological polar surface area (TPSA) is 163 Å². The molecule has 0 spiro atoms. The summed E-state index contributed by atoms with van der Waals surface area (Å²) in [7, 11) is 0. The van der Waals surface area contributed by atoms with Crippen LogP contribution in [0.3, 0.4) is 0 Å². The number of para-hydroxylation sites is 1. The molecule has 238 valence electrons. The number of hydrogen-bond acceptors (Lipinski definition) is 10. The first kappa shape index (κ1) is 30.3. The fourth-order valence-electron chi connectivity index (χ4n) is 6.61. The van der Waals surface area contributed by atoms with Gasteiger partial charge in [0.1, 0.15) is 17.5 Å². The predicted octanol–water partition coefficient (Wildman–Crippen LogP) is 4.81. The monoisotopic (exact) mass is 616 g/mol.